The van der Waals surface area contributed by atoms with Gasteiger partial charge in [-0.1, -0.05) is 30.3 Å². The molecule has 1 aromatic carbocycles. The fourth-order valence-corrected chi connectivity index (χ4v) is 1.62. The zero-order valence-electron chi connectivity index (χ0n) is 10.8. The van der Waals surface area contributed by atoms with Crippen molar-refractivity contribution in [1.29, 1.82) is 5.26 Å². The van der Waals surface area contributed by atoms with E-state index in [-0.39, 0.29) is 11.9 Å². The Morgan fingerprint density at radius 2 is 2.06 bits per heavy atom. The lowest BCUT2D eigenvalue weighted by Gasteiger charge is -2.24. The monoisotopic (exact) mass is 242 g/mol. The smallest absolute Gasteiger partial charge is 0.246 e. The molecule has 0 aliphatic heterocycles. The maximum Gasteiger partial charge on any atom is 0.246 e. The van der Waals surface area contributed by atoms with E-state index in [1.807, 2.05) is 44.2 Å². The van der Waals surface area contributed by atoms with Crippen LogP contribution in [-0.4, -0.2) is 23.4 Å². The summed E-state index contributed by atoms with van der Waals surface area (Å²) >= 11 is 0. The van der Waals surface area contributed by atoms with Gasteiger partial charge in [-0.3, -0.25) is 4.79 Å². The molecule has 1 amide bonds. The van der Waals surface area contributed by atoms with Crippen LogP contribution in [0.15, 0.2) is 36.4 Å². The summed E-state index contributed by atoms with van der Waals surface area (Å²) < 4.78 is 0. The van der Waals surface area contributed by atoms with Crippen molar-refractivity contribution < 1.29 is 4.79 Å². The Morgan fingerprint density at radius 1 is 1.39 bits per heavy atom. The third kappa shape index (κ3) is 4.42. The fraction of sp³-hybridized carbons (Fsp3) is 0.333. The van der Waals surface area contributed by atoms with Crippen molar-refractivity contribution in [1.82, 2.24) is 4.90 Å². The van der Waals surface area contributed by atoms with Crippen LogP contribution in [0.25, 0.3) is 6.08 Å². The van der Waals surface area contributed by atoms with E-state index in [9.17, 15) is 4.79 Å². The lowest BCUT2D eigenvalue weighted by Crippen LogP contribution is -2.36. The van der Waals surface area contributed by atoms with Gasteiger partial charge in [-0.05, 0) is 25.5 Å². The summed E-state index contributed by atoms with van der Waals surface area (Å²) in [5.74, 6) is -0.0518. The van der Waals surface area contributed by atoms with Crippen LogP contribution in [0.2, 0.25) is 0 Å². The Kier molecular flexibility index (Phi) is 5.66. The van der Waals surface area contributed by atoms with E-state index in [1.165, 1.54) is 0 Å². The van der Waals surface area contributed by atoms with E-state index in [2.05, 4.69) is 6.07 Å². The third-order valence-corrected chi connectivity index (χ3v) is 2.59. The minimum atomic E-state index is -0.0518. The molecule has 1 aromatic rings. The minimum Gasteiger partial charge on any atom is -0.336 e. The number of carbonyl (C=O) groups excluding carboxylic acids is 1. The molecule has 0 bridgehead atoms. The third-order valence-electron chi connectivity index (χ3n) is 2.59. The van der Waals surface area contributed by atoms with Crippen molar-refractivity contribution in [3.05, 3.63) is 42.0 Å². The number of benzene rings is 1. The highest BCUT2D eigenvalue weighted by Gasteiger charge is 2.13. The highest BCUT2D eigenvalue weighted by molar-refractivity contribution is 5.91. The normalized spacial score (nSPS) is 10.6. The number of rotatable bonds is 5. The van der Waals surface area contributed by atoms with Crippen molar-refractivity contribution >= 4 is 12.0 Å². The summed E-state index contributed by atoms with van der Waals surface area (Å²) in [6, 6.07) is 11.9. The summed E-state index contributed by atoms with van der Waals surface area (Å²) in [6.07, 6.45) is 3.72. The molecular weight excluding hydrogens is 224 g/mol. The van der Waals surface area contributed by atoms with E-state index >= 15 is 0 Å². The molecule has 0 saturated heterocycles. The molecule has 0 spiro atoms. The number of nitriles is 1. The van der Waals surface area contributed by atoms with Gasteiger partial charge in [0.25, 0.3) is 0 Å². The molecule has 0 aliphatic rings. The number of carbonyl (C=O) groups is 1. The molecule has 18 heavy (non-hydrogen) atoms. The molecule has 3 nitrogen and oxygen atoms in total. The standard InChI is InChI=1S/C15H18N2O/c1-13(2)17(12-6-11-16)15(18)10-9-14-7-4-3-5-8-14/h3-5,7-10,13H,6,12H2,1-2H3/b10-9-. The average molecular weight is 242 g/mol. The van der Waals surface area contributed by atoms with Gasteiger partial charge in [0.15, 0.2) is 0 Å². The van der Waals surface area contributed by atoms with Crippen LogP contribution in [0.4, 0.5) is 0 Å². The van der Waals surface area contributed by atoms with Crippen LogP contribution < -0.4 is 0 Å². The average Bonchev–Trinajstić information content (AvgIpc) is 2.37. The van der Waals surface area contributed by atoms with Crippen LogP contribution in [-0.2, 0) is 4.79 Å². The largest absolute Gasteiger partial charge is 0.336 e. The first-order valence-electron chi connectivity index (χ1n) is 6.06. The number of nitrogens with zero attached hydrogens (tertiary/aromatic N) is 2. The van der Waals surface area contributed by atoms with E-state index in [4.69, 9.17) is 5.26 Å². The molecule has 0 saturated carbocycles. The van der Waals surface area contributed by atoms with Crippen molar-refractivity contribution in [2.45, 2.75) is 26.3 Å². The second-order valence-corrected chi connectivity index (χ2v) is 4.28. The Balaban J connectivity index is 2.67. The first kappa shape index (κ1) is 14.0. The van der Waals surface area contributed by atoms with Gasteiger partial charge in [-0.15, -0.1) is 0 Å². The molecule has 3 heteroatoms. The molecular formula is C15H18N2O. The second-order valence-electron chi connectivity index (χ2n) is 4.28. The lowest BCUT2D eigenvalue weighted by molar-refractivity contribution is -0.127. The van der Waals surface area contributed by atoms with Gasteiger partial charge in [-0.2, -0.15) is 5.26 Å². The molecule has 0 fully saturated rings. The van der Waals surface area contributed by atoms with Crippen molar-refractivity contribution in [2.75, 3.05) is 6.54 Å². The molecule has 0 atom stereocenters. The summed E-state index contributed by atoms with van der Waals surface area (Å²) in [5.41, 5.74) is 0.995. The molecule has 0 radical (unpaired) electrons. The maximum atomic E-state index is 12.0. The molecule has 0 aromatic heterocycles. The van der Waals surface area contributed by atoms with Crippen molar-refractivity contribution in [3.8, 4) is 6.07 Å². The molecule has 0 unspecified atom stereocenters. The zero-order valence-corrected chi connectivity index (χ0v) is 10.8. The predicted molar refractivity (Wildman–Crippen MR) is 72.6 cm³/mol. The van der Waals surface area contributed by atoms with Crippen molar-refractivity contribution in [3.63, 3.8) is 0 Å². The Labute approximate surface area is 108 Å². The van der Waals surface area contributed by atoms with Crippen LogP contribution in [0.5, 0.6) is 0 Å². The van der Waals surface area contributed by atoms with Gasteiger partial charge in [0.1, 0.15) is 0 Å². The zero-order chi connectivity index (χ0) is 13.4. The number of amides is 1. The quantitative estimate of drug-likeness (QED) is 0.745. The number of hydrogen-bond donors (Lipinski definition) is 0. The Morgan fingerprint density at radius 3 is 2.61 bits per heavy atom. The second kappa shape index (κ2) is 7.29. The van der Waals surface area contributed by atoms with Gasteiger partial charge in [0.2, 0.25) is 5.91 Å². The van der Waals surface area contributed by atoms with Crippen LogP contribution in [0, 0.1) is 11.3 Å². The molecule has 1 rings (SSSR count). The van der Waals surface area contributed by atoms with Crippen LogP contribution in [0.3, 0.4) is 0 Å². The summed E-state index contributed by atoms with van der Waals surface area (Å²) in [5, 5.41) is 8.58. The fourth-order valence-electron chi connectivity index (χ4n) is 1.62. The molecule has 0 heterocycles. The Hall–Kier alpha value is -2.08. The van der Waals surface area contributed by atoms with E-state index in [1.54, 1.807) is 17.1 Å². The summed E-state index contributed by atoms with van der Waals surface area (Å²) in [7, 11) is 0. The first-order chi connectivity index (χ1) is 8.65. The highest BCUT2D eigenvalue weighted by atomic mass is 16.2. The van der Waals surface area contributed by atoms with Gasteiger partial charge in [-0.25, -0.2) is 0 Å². The van der Waals surface area contributed by atoms with E-state index in [0.29, 0.717) is 13.0 Å². The molecule has 0 aliphatic carbocycles. The molecule has 94 valence electrons. The minimum absolute atomic E-state index is 0.0518. The van der Waals surface area contributed by atoms with Gasteiger partial charge < -0.3 is 4.90 Å². The Bertz CT molecular complexity index is 443. The van der Waals surface area contributed by atoms with E-state index in [0.717, 1.165) is 5.56 Å². The lowest BCUT2D eigenvalue weighted by atomic mass is 10.2. The van der Waals surface area contributed by atoms with E-state index < -0.39 is 0 Å². The van der Waals surface area contributed by atoms with Gasteiger partial charge in [0.05, 0.1) is 12.5 Å². The summed E-state index contributed by atoms with van der Waals surface area (Å²) in [4.78, 5) is 13.7. The summed E-state index contributed by atoms with van der Waals surface area (Å²) in [6.45, 7) is 4.38. The maximum absolute atomic E-state index is 12.0. The van der Waals surface area contributed by atoms with Crippen LogP contribution >= 0.6 is 0 Å². The first-order valence-corrected chi connectivity index (χ1v) is 6.06. The van der Waals surface area contributed by atoms with Crippen LogP contribution in [0.1, 0.15) is 25.8 Å². The number of hydrogen-bond acceptors (Lipinski definition) is 2. The predicted octanol–water partition coefficient (Wildman–Crippen LogP) is 2.85. The van der Waals surface area contributed by atoms with Crippen molar-refractivity contribution in [2.24, 2.45) is 0 Å². The molecule has 0 N–H and O–H groups in total. The topological polar surface area (TPSA) is 44.1 Å². The van der Waals surface area contributed by atoms with Gasteiger partial charge in [0, 0.05) is 18.7 Å². The van der Waals surface area contributed by atoms with Gasteiger partial charge >= 0.3 is 0 Å². The SMILES string of the molecule is CC(C)N(CCC#N)C(=O)/C=C\c1ccccc1. The highest BCUT2D eigenvalue weighted by Crippen LogP contribution is 2.05.